The number of rotatable bonds is 8. The van der Waals surface area contributed by atoms with Crippen LogP contribution in [0.3, 0.4) is 0 Å². The predicted octanol–water partition coefficient (Wildman–Crippen LogP) is 9.41. The second kappa shape index (κ2) is 12.8. The summed E-state index contributed by atoms with van der Waals surface area (Å²) in [6.45, 7) is 13.7. The van der Waals surface area contributed by atoms with Crippen molar-refractivity contribution in [1.82, 2.24) is 0 Å². The molecule has 5 nitrogen and oxygen atoms in total. The van der Waals surface area contributed by atoms with Gasteiger partial charge >= 0.3 is 0 Å². The number of hydrogen-bond donors (Lipinski definition) is 1. The minimum absolute atomic E-state index is 0.104. The van der Waals surface area contributed by atoms with Gasteiger partial charge in [-0.05, 0) is 110 Å². The van der Waals surface area contributed by atoms with Gasteiger partial charge in [0.05, 0.1) is 12.7 Å². The summed E-state index contributed by atoms with van der Waals surface area (Å²) in [6, 6.07) is 19.8. The summed E-state index contributed by atoms with van der Waals surface area (Å²) in [5.41, 5.74) is 8.60. The zero-order valence-electron chi connectivity index (χ0n) is 26.3. The van der Waals surface area contributed by atoms with Crippen molar-refractivity contribution in [3.63, 3.8) is 0 Å². The average molecular weight is 595 g/mol. The lowest BCUT2D eigenvalue weighted by Crippen LogP contribution is -2.27. The summed E-state index contributed by atoms with van der Waals surface area (Å²) >= 11 is 1.65. The maximum absolute atomic E-state index is 13.6. The number of thiophene rings is 1. The molecule has 0 saturated carbocycles. The highest BCUT2D eigenvalue weighted by atomic mass is 32.1. The fourth-order valence-corrected chi connectivity index (χ4v) is 7.22. The zero-order valence-corrected chi connectivity index (χ0v) is 27.2. The number of anilines is 1. The maximum atomic E-state index is 13.6. The topological polar surface area (TPSA) is 59.9 Å². The largest absolute Gasteiger partial charge is 0.493 e. The Morgan fingerprint density at radius 1 is 1.02 bits per heavy atom. The van der Waals surface area contributed by atoms with Gasteiger partial charge in [-0.1, -0.05) is 56.7 Å². The predicted molar refractivity (Wildman–Crippen MR) is 179 cm³/mol. The van der Waals surface area contributed by atoms with E-state index in [1.165, 1.54) is 27.1 Å². The molecule has 0 spiro atoms. The third-order valence-corrected chi connectivity index (χ3v) is 9.62. The Morgan fingerprint density at radius 3 is 2.42 bits per heavy atom. The average Bonchev–Trinajstić information content (AvgIpc) is 3.34. The molecule has 1 aliphatic carbocycles. The van der Waals surface area contributed by atoms with E-state index in [0.717, 1.165) is 41.1 Å². The van der Waals surface area contributed by atoms with E-state index in [0.29, 0.717) is 29.6 Å². The number of carbonyl (C=O) groups is 1. The number of methoxy groups -OCH3 is 1. The Morgan fingerprint density at radius 2 is 1.74 bits per heavy atom. The number of amides is 1. The molecule has 3 aromatic carbocycles. The monoisotopic (exact) mass is 594 g/mol. The Labute approximate surface area is 260 Å². The van der Waals surface area contributed by atoms with Crippen LogP contribution in [-0.2, 0) is 19.4 Å². The number of ether oxygens (including phenoxy) is 2. The first-order valence-corrected chi connectivity index (χ1v) is 15.8. The number of fused-ring (bicyclic) bond motifs is 1. The van der Waals surface area contributed by atoms with Crippen LogP contribution < -0.4 is 14.8 Å². The lowest BCUT2D eigenvalue weighted by atomic mass is 9.72. The summed E-state index contributed by atoms with van der Waals surface area (Å²) in [5.74, 6) is 1.80. The molecule has 0 aliphatic heterocycles. The molecular formula is C37H42N2O3S. The molecule has 1 atom stereocenters. The molecule has 43 heavy (non-hydrogen) atoms. The van der Waals surface area contributed by atoms with Crippen molar-refractivity contribution in [1.29, 1.82) is 0 Å². The number of para-hydroxylation sites is 1. The molecule has 1 heterocycles. The Balaban J connectivity index is 1.41. The van der Waals surface area contributed by atoms with Crippen LogP contribution in [0.2, 0.25) is 0 Å². The third-order valence-electron chi connectivity index (χ3n) is 8.46. The van der Waals surface area contributed by atoms with E-state index in [9.17, 15) is 4.79 Å². The fraction of sp³-hybridized carbons (Fsp3) is 0.351. The number of aliphatic imine (C=N–C) groups is 1. The summed E-state index contributed by atoms with van der Waals surface area (Å²) in [4.78, 5) is 19.8. The number of hydrogen-bond acceptors (Lipinski definition) is 5. The van der Waals surface area contributed by atoms with Crippen molar-refractivity contribution in [2.75, 3.05) is 12.4 Å². The number of aryl methyl sites for hydroxylation is 3. The van der Waals surface area contributed by atoms with Crippen molar-refractivity contribution >= 4 is 34.1 Å². The van der Waals surface area contributed by atoms with Crippen LogP contribution in [0.1, 0.15) is 75.8 Å². The van der Waals surface area contributed by atoms with Crippen molar-refractivity contribution in [3.8, 4) is 11.5 Å². The molecule has 224 valence electrons. The van der Waals surface area contributed by atoms with Crippen molar-refractivity contribution in [2.45, 2.75) is 67.4 Å². The smallest absolute Gasteiger partial charge is 0.259 e. The Kier molecular flexibility index (Phi) is 9.07. The van der Waals surface area contributed by atoms with E-state index in [4.69, 9.17) is 14.5 Å². The molecule has 0 fully saturated rings. The minimum Gasteiger partial charge on any atom is -0.493 e. The molecule has 0 radical (unpaired) electrons. The molecule has 4 aromatic rings. The van der Waals surface area contributed by atoms with Crippen LogP contribution >= 0.6 is 11.3 Å². The quantitative estimate of drug-likeness (QED) is 0.207. The molecule has 6 heteroatoms. The molecule has 0 saturated heterocycles. The van der Waals surface area contributed by atoms with Crippen LogP contribution in [0.5, 0.6) is 11.5 Å². The van der Waals surface area contributed by atoms with E-state index in [1.54, 1.807) is 18.4 Å². The highest BCUT2D eigenvalue weighted by Gasteiger charge is 2.33. The van der Waals surface area contributed by atoms with E-state index in [-0.39, 0.29) is 11.3 Å². The lowest BCUT2D eigenvalue weighted by Gasteiger charge is -2.33. The number of nitrogens with one attached hydrogen (secondary N) is 1. The van der Waals surface area contributed by atoms with Gasteiger partial charge < -0.3 is 14.8 Å². The molecule has 0 bridgehead atoms. The van der Waals surface area contributed by atoms with Gasteiger partial charge in [-0.15, -0.1) is 11.3 Å². The zero-order chi connectivity index (χ0) is 30.7. The number of carbonyl (C=O) groups excluding carboxylic acids is 1. The summed E-state index contributed by atoms with van der Waals surface area (Å²) in [6.07, 6.45) is 4.76. The van der Waals surface area contributed by atoms with Gasteiger partial charge in [0.15, 0.2) is 11.5 Å². The van der Waals surface area contributed by atoms with Crippen LogP contribution in [-0.4, -0.2) is 19.2 Å². The molecule has 1 aliphatic rings. The molecule has 1 amide bonds. The normalized spacial score (nSPS) is 14.9. The summed E-state index contributed by atoms with van der Waals surface area (Å²) in [7, 11) is 1.65. The fourth-order valence-electron chi connectivity index (χ4n) is 5.96. The second-order valence-corrected chi connectivity index (χ2v) is 13.7. The van der Waals surface area contributed by atoms with E-state index < -0.39 is 0 Å². The van der Waals surface area contributed by atoms with Crippen LogP contribution in [0.4, 0.5) is 10.7 Å². The second-order valence-electron chi connectivity index (χ2n) is 12.6. The summed E-state index contributed by atoms with van der Waals surface area (Å²) in [5, 5.41) is 3.84. The maximum Gasteiger partial charge on any atom is 0.259 e. The Bertz CT molecular complexity index is 1620. The van der Waals surface area contributed by atoms with Gasteiger partial charge in [-0.25, -0.2) is 4.99 Å². The van der Waals surface area contributed by atoms with Gasteiger partial charge in [0.2, 0.25) is 0 Å². The van der Waals surface area contributed by atoms with Crippen molar-refractivity contribution in [2.24, 2.45) is 16.3 Å². The number of benzene rings is 3. The van der Waals surface area contributed by atoms with Gasteiger partial charge in [-0.3, -0.25) is 4.79 Å². The van der Waals surface area contributed by atoms with Crippen molar-refractivity contribution in [3.05, 3.63) is 104 Å². The summed E-state index contributed by atoms with van der Waals surface area (Å²) < 4.78 is 11.9. The molecule has 1 aromatic heterocycles. The minimum atomic E-state index is -0.104. The van der Waals surface area contributed by atoms with Gasteiger partial charge in [0, 0.05) is 16.8 Å². The SMILES string of the molecule is COc1cc(C=Nc2sc3c(c2C(=O)Nc2ccccc2)CC[C@H](C(C)(C)C)C3)ccc1OCc1c(C)cc(C)cc1C. The molecule has 5 rings (SSSR count). The van der Waals surface area contributed by atoms with E-state index in [1.807, 2.05) is 54.7 Å². The molecular weight excluding hydrogens is 552 g/mol. The standard InChI is InChI=1S/C37H42N2O3S/c1-23-17-24(2)30(25(3)18-23)22-42-31-16-13-26(19-32(31)41-7)21-38-36-34(35(40)39-28-11-9-8-10-12-28)29-15-14-27(37(4,5)6)20-33(29)43-36/h8-13,16-19,21,27H,14-15,20,22H2,1-7H3,(H,39,40)/t27-/m0/s1. The third kappa shape index (κ3) is 7.02. The first kappa shape index (κ1) is 30.6. The highest BCUT2D eigenvalue weighted by molar-refractivity contribution is 7.16. The lowest BCUT2D eigenvalue weighted by molar-refractivity contribution is 0.102. The van der Waals surface area contributed by atoms with E-state index in [2.05, 4.69) is 59.0 Å². The first-order valence-electron chi connectivity index (χ1n) is 15.0. The van der Waals surface area contributed by atoms with Gasteiger partial charge in [0.1, 0.15) is 11.6 Å². The molecule has 0 unspecified atom stereocenters. The van der Waals surface area contributed by atoms with Crippen LogP contribution in [0.25, 0.3) is 0 Å². The first-order chi connectivity index (χ1) is 20.5. The number of nitrogens with zero attached hydrogens (tertiary/aromatic N) is 1. The highest BCUT2D eigenvalue weighted by Crippen LogP contribution is 2.45. The van der Waals surface area contributed by atoms with Crippen LogP contribution in [0.15, 0.2) is 65.7 Å². The van der Waals surface area contributed by atoms with Crippen molar-refractivity contribution < 1.29 is 14.3 Å². The Hall–Kier alpha value is -3.90. The van der Waals surface area contributed by atoms with Crippen LogP contribution in [0, 0.1) is 32.1 Å². The van der Waals surface area contributed by atoms with Gasteiger partial charge in [0.25, 0.3) is 5.91 Å². The van der Waals surface area contributed by atoms with Gasteiger partial charge in [-0.2, -0.15) is 0 Å². The molecule has 1 N–H and O–H groups in total. The van der Waals surface area contributed by atoms with E-state index >= 15 is 0 Å².